The summed E-state index contributed by atoms with van der Waals surface area (Å²) in [5, 5.41) is 0. The Morgan fingerprint density at radius 3 is 2.80 bits per heavy atom. The van der Waals surface area contributed by atoms with Gasteiger partial charge in [-0.2, -0.15) is 0 Å². The van der Waals surface area contributed by atoms with Crippen LogP contribution in [0.1, 0.15) is 0 Å². The Kier molecular flexibility index (Phi) is 3.81. The van der Waals surface area contributed by atoms with Gasteiger partial charge in [0.25, 0.3) is 0 Å². The van der Waals surface area contributed by atoms with E-state index in [9.17, 15) is 0 Å². The first-order chi connectivity index (χ1) is 4.33. The highest BCUT2D eigenvalue weighted by molar-refractivity contribution is 4.73. The third-order valence-electron chi connectivity index (χ3n) is 1.16. The SMILES string of the molecule is C=CCn1cc[n+](C)c1.[Cl-]. The van der Waals surface area contributed by atoms with Crippen LogP contribution in [-0.2, 0) is 13.6 Å². The molecule has 0 saturated heterocycles. The fraction of sp³-hybridized carbons (Fsp3) is 0.286. The second-order valence-electron chi connectivity index (χ2n) is 2.06. The van der Waals surface area contributed by atoms with E-state index in [2.05, 4.69) is 11.1 Å². The van der Waals surface area contributed by atoms with Gasteiger partial charge in [-0.15, -0.1) is 0 Å². The van der Waals surface area contributed by atoms with Crippen molar-refractivity contribution in [3.05, 3.63) is 31.4 Å². The molecule has 3 heteroatoms. The summed E-state index contributed by atoms with van der Waals surface area (Å²) in [5.41, 5.74) is 0. The van der Waals surface area contributed by atoms with Crippen LogP contribution in [0.2, 0.25) is 0 Å². The smallest absolute Gasteiger partial charge is 0.243 e. The van der Waals surface area contributed by atoms with Gasteiger partial charge in [0.15, 0.2) is 0 Å². The van der Waals surface area contributed by atoms with Crippen molar-refractivity contribution in [1.29, 1.82) is 0 Å². The maximum absolute atomic E-state index is 3.64. The Balaban J connectivity index is 0.000000810. The molecule has 1 heterocycles. The molecule has 1 aromatic rings. The number of halogens is 1. The van der Waals surface area contributed by atoms with Gasteiger partial charge < -0.3 is 12.4 Å². The van der Waals surface area contributed by atoms with Gasteiger partial charge in [0.1, 0.15) is 18.9 Å². The topological polar surface area (TPSA) is 8.81 Å². The van der Waals surface area contributed by atoms with Crippen molar-refractivity contribution in [3.63, 3.8) is 0 Å². The lowest BCUT2D eigenvalue weighted by atomic mass is 10.6. The Hall–Kier alpha value is -0.760. The lowest BCUT2D eigenvalue weighted by molar-refractivity contribution is -0.671. The number of allylic oxidation sites excluding steroid dienone is 1. The summed E-state index contributed by atoms with van der Waals surface area (Å²) in [6.45, 7) is 4.52. The number of rotatable bonds is 2. The summed E-state index contributed by atoms with van der Waals surface area (Å²) in [6.07, 6.45) is 7.91. The lowest BCUT2D eigenvalue weighted by Gasteiger charge is -1.83. The number of hydrogen-bond acceptors (Lipinski definition) is 0. The van der Waals surface area contributed by atoms with Crippen LogP contribution in [0, 0.1) is 0 Å². The highest BCUT2D eigenvalue weighted by Crippen LogP contribution is 1.81. The molecule has 0 amide bonds. The summed E-state index contributed by atoms with van der Waals surface area (Å²) in [4.78, 5) is 0. The first-order valence-corrected chi connectivity index (χ1v) is 2.95. The Morgan fingerprint density at radius 1 is 1.70 bits per heavy atom. The van der Waals surface area contributed by atoms with Crippen molar-refractivity contribution in [2.75, 3.05) is 0 Å². The molecule has 0 radical (unpaired) electrons. The molecule has 10 heavy (non-hydrogen) atoms. The van der Waals surface area contributed by atoms with Gasteiger partial charge in [0, 0.05) is 0 Å². The zero-order valence-corrected chi connectivity index (χ0v) is 6.75. The van der Waals surface area contributed by atoms with Crippen LogP contribution in [0.4, 0.5) is 0 Å². The zero-order chi connectivity index (χ0) is 6.69. The summed E-state index contributed by atoms with van der Waals surface area (Å²) in [7, 11) is 2.00. The highest BCUT2D eigenvalue weighted by Gasteiger charge is 1.93. The second kappa shape index (κ2) is 4.12. The largest absolute Gasteiger partial charge is 1.00 e. The van der Waals surface area contributed by atoms with Gasteiger partial charge >= 0.3 is 0 Å². The molecule has 56 valence electrons. The van der Waals surface area contributed by atoms with Crippen LogP contribution in [0.15, 0.2) is 31.4 Å². The molecule has 1 rings (SSSR count). The van der Waals surface area contributed by atoms with E-state index in [0.717, 1.165) is 6.54 Å². The van der Waals surface area contributed by atoms with E-state index in [-0.39, 0.29) is 12.4 Å². The highest BCUT2D eigenvalue weighted by atomic mass is 35.5. The Morgan fingerprint density at radius 2 is 2.40 bits per heavy atom. The third kappa shape index (κ3) is 2.23. The normalized spacial score (nSPS) is 8.50. The van der Waals surface area contributed by atoms with Gasteiger partial charge in [-0.05, 0) is 0 Å². The van der Waals surface area contributed by atoms with Crippen LogP contribution in [0.25, 0.3) is 0 Å². The molecule has 0 bridgehead atoms. The standard InChI is InChI=1S/C7H11N2.ClH/c1-3-4-9-6-5-8(2)7-9;/h3,5-7H,1,4H2,2H3;1H/q+1;/p-1. The number of nitrogens with zero attached hydrogens (tertiary/aromatic N) is 2. The maximum Gasteiger partial charge on any atom is 0.243 e. The second-order valence-corrected chi connectivity index (χ2v) is 2.06. The molecule has 2 nitrogen and oxygen atoms in total. The average molecular weight is 159 g/mol. The number of aryl methyl sites for hydroxylation is 1. The molecule has 0 aliphatic rings. The monoisotopic (exact) mass is 158 g/mol. The molecule has 0 N–H and O–H groups in total. The van der Waals surface area contributed by atoms with Gasteiger partial charge in [-0.25, -0.2) is 9.13 Å². The first kappa shape index (κ1) is 9.24. The molecule has 0 aromatic carbocycles. The van der Waals surface area contributed by atoms with Crippen molar-refractivity contribution in [2.24, 2.45) is 7.05 Å². The minimum Gasteiger partial charge on any atom is -1.00 e. The summed E-state index contributed by atoms with van der Waals surface area (Å²) in [5.74, 6) is 0. The minimum absolute atomic E-state index is 0. The first-order valence-electron chi connectivity index (χ1n) is 2.95. The number of imidazole rings is 1. The molecule has 0 atom stereocenters. The van der Waals surface area contributed by atoms with E-state index >= 15 is 0 Å². The van der Waals surface area contributed by atoms with Crippen molar-refractivity contribution in [1.82, 2.24) is 4.57 Å². The van der Waals surface area contributed by atoms with Crippen LogP contribution in [0.5, 0.6) is 0 Å². The maximum atomic E-state index is 3.64. The average Bonchev–Trinajstić information content (AvgIpc) is 2.17. The molecule has 0 fully saturated rings. The van der Waals surface area contributed by atoms with Crippen molar-refractivity contribution in [3.8, 4) is 0 Å². The van der Waals surface area contributed by atoms with Crippen LogP contribution in [0.3, 0.4) is 0 Å². The molecular weight excluding hydrogens is 148 g/mol. The van der Waals surface area contributed by atoms with Crippen molar-refractivity contribution >= 4 is 0 Å². The van der Waals surface area contributed by atoms with Crippen LogP contribution in [-0.4, -0.2) is 4.57 Å². The molecular formula is C7H11ClN2. The van der Waals surface area contributed by atoms with Gasteiger partial charge in [0.05, 0.1) is 7.05 Å². The van der Waals surface area contributed by atoms with E-state index in [1.807, 2.05) is 36.4 Å². The molecule has 0 spiro atoms. The van der Waals surface area contributed by atoms with E-state index in [1.165, 1.54) is 0 Å². The lowest BCUT2D eigenvalue weighted by Crippen LogP contribution is -3.00. The predicted molar refractivity (Wildman–Crippen MR) is 35.8 cm³/mol. The van der Waals surface area contributed by atoms with Gasteiger partial charge in [-0.1, -0.05) is 12.7 Å². The van der Waals surface area contributed by atoms with E-state index in [4.69, 9.17) is 0 Å². The summed E-state index contributed by atoms with van der Waals surface area (Å²) < 4.78 is 4.07. The predicted octanol–water partition coefficient (Wildman–Crippen LogP) is -2.50. The van der Waals surface area contributed by atoms with E-state index in [1.54, 1.807) is 0 Å². The van der Waals surface area contributed by atoms with Crippen molar-refractivity contribution < 1.29 is 17.0 Å². The van der Waals surface area contributed by atoms with Crippen LogP contribution >= 0.6 is 0 Å². The summed E-state index contributed by atoms with van der Waals surface area (Å²) in [6, 6.07) is 0. The number of hydrogen-bond donors (Lipinski definition) is 0. The molecule has 1 aromatic heterocycles. The van der Waals surface area contributed by atoms with E-state index in [0.29, 0.717) is 0 Å². The number of aromatic nitrogens is 2. The molecule has 0 unspecified atom stereocenters. The minimum atomic E-state index is 0. The Labute approximate surface area is 67.2 Å². The van der Waals surface area contributed by atoms with Gasteiger partial charge in [0.2, 0.25) is 6.33 Å². The summed E-state index contributed by atoms with van der Waals surface area (Å²) >= 11 is 0. The zero-order valence-electron chi connectivity index (χ0n) is 6.00. The van der Waals surface area contributed by atoms with E-state index < -0.39 is 0 Å². The van der Waals surface area contributed by atoms with Gasteiger partial charge in [-0.3, -0.25) is 0 Å². The van der Waals surface area contributed by atoms with Crippen LogP contribution < -0.4 is 17.0 Å². The van der Waals surface area contributed by atoms with Crippen molar-refractivity contribution in [2.45, 2.75) is 6.54 Å². The quantitative estimate of drug-likeness (QED) is 0.333. The molecule has 0 aliphatic heterocycles. The molecule has 0 aliphatic carbocycles. The fourth-order valence-corrected chi connectivity index (χ4v) is 0.759. The fourth-order valence-electron chi connectivity index (χ4n) is 0.759. The Bertz CT molecular complexity index is 205. The third-order valence-corrected chi connectivity index (χ3v) is 1.16. The molecule has 0 saturated carbocycles.